The van der Waals surface area contributed by atoms with Crippen molar-refractivity contribution in [1.82, 2.24) is 29.8 Å². The highest BCUT2D eigenvalue weighted by molar-refractivity contribution is 6.06. The molecule has 0 aromatic carbocycles. The summed E-state index contributed by atoms with van der Waals surface area (Å²) in [4.78, 5) is 20.8. The predicted molar refractivity (Wildman–Crippen MR) is 129 cm³/mol. The van der Waals surface area contributed by atoms with Gasteiger partial charge in [0.05, 0.1) is 29.7 Å². The lowest BCUT2D eigenvalue weighted by Crippen LogP contribution is -2.43. The summed E-state index contributed by atoms with van der Waals surface area (Å²) in [6, 6.07) is 6.39. The maximum atomic E-state index is 9.99. The van der Waals surface area contributed by atoms with Crippen molar-refractivity contribution >= 4 is 39.4 Å². The molecule has 1 aliphatic heterocycles. The van der Waals surface area contributed by atoms with Crippen molar-refractivity contribution in [1.29, 1.82) is 0 Å². The van der Waals surface area contributed by atoms with Crippen LogP contribution in [0.3, 0.4) is 0 Å². The van der Waals surface area contributed by atoms with Crippen molar-refractivity contribution in [2.45, 2.75) is 37.8 Å². The van der Waals surface area contributed by atoms with Gasteiger partial charge in [-0.05, 0) is 43.9 Å². The molecule has 5 heterocycles. The Morgan fingerprint density at radius 1 is 0.939 bits per heavy atom. The van der Waals surface area contributed by atoms with Gasteiger partial charge in [0.25, 0.3) is 0 Å². The fraction of sp³-hybridized carbons (Fsp3) is 0.417. The highest BCUT2D eigenvalue weighted by atomic mass is 16.3. The summed E-state index contributed by atoms with van der Waals surface area (Å²) >= 11 is 0. The molecule has 1 saturated heterocycles. The number of anilines is 3. The molecule has 3 N–H and O–H groups in total. The van der Waals surface area contributed by atoms with Crippen LogP contribution in [0.2, 0.25) is 0 Å². The molecule has 0 unspecified atom stereocenters. The Bertz CT molecular complexity index is 1260. The number of aliphatic hydroxyl groups is 1. The zero-order valence-corrected chi connectivity index (χ0v) is 18.5. The van der Waals surface area contributed by atoms with Gasteiger partial charge < -0.3 is 25.2 Å². The van der Waals surface area contributed by atoms with Crippen LogP contribution in [-0.2, 0) is 0 Å². The smallest absolute Gasteiger partial charge is 0.230 e. The second-order valence-corrected chi connectivity index (χ2v) is 8.92. The molecule has 4 aromatic heterocycles. The standard InChI is InChI=1S/C24H28N8O/c33-18-4-1-16(2-5-18)32-21-15-26-8-7-19(21)20-14-28-24(30-23(20)32)29-22-6-3-17(13-27-22)31-11-9-25-10-12-31/h3,6-8,13-16,18,25,33H,1-2,4-5,9-12H2,(H,27,28,29,30). The normalized spacial score (nSPS) is 21.5. The molecule has 1 aliphatic carbocycles. The summed E-state index contributed by atoms with van der Waals surface area (Å²) in [6.07, 6.45) is 10.8. The van der Waals surface area contributed by atoms with E-state index >= 15 is 0 Å². The largest absolute Gasteiger partial charge is 0.393 e. The minimum atomic E-state index is -0.199. The number of pyridine rings is 2. The number of fused-ring (bicyclic) bond motifs is 3. The molecule has 0 radical (unpaired) electrons. The Hall–Kier alpha value is -3.30. The molecule has 33 heavy (non-hydrogen) atoms. The molecule has 9 heteroatoms. The lowest BCUT2D eigenvalue weighted by Gasteiger charge is -2.29. The number of aliphatic hydroxyl groups excluding tert-OH is 1. The second-order valence-electron chi connectivity index (χ2n) is 8.92. The summed E-state index contributed by atoms with van der Waals surface area (Å²) < 4.78 is 2.29. The third-order valence-corrected chi connectivity index (χ3v) is 6.85. The van der Waals surface area contributed by atoms with Crippen molar-refractivity contribution in [3.8, 4) is 0 Å². The van der Waals surface area contributed by atoms with E-state index in [-0.39, 0.29) is 12.1 Å². The number of rotatable bonds is 4. The maximum Gasteiger partial charge on any atom is 0.230 e. The van der Waals surface area contributed by atoms with Gasteiger partial charge in [-0.2, -0.15) is 4.98 Å². The molecule has 0 spiro atoms. The van der Waals surface area contributed by atoms with Crippen molar-refractivity contribution in [2.24, 2.45) is 0 Å². The average Bonchev–Trinajstić information content (AvgIpc) is 3.19. The van der Waals surface area contributed by atoms with Crippen LogP contribution in [0.25, 0.3) is 21.9 Å². The zero-order valence-electron chi connectivity index (χ0n) is 18.5. The van der Waals surface area contributed by atoms with Gasteiger partial charge >= 0.3 is 0 Å². The summed E-state index contributed by atoms with van der Waals surface area (Å²) in [7, 11) is 0. The lowest BCUT2D eigenvalue weighted by molar-refractivity contribution is 0.112. The molecule has 4 aromatic rings. The predicted octanol–water partition coefficient (Wildman–Crippen LogP) is 3.00. The van der Waals surface area contributed by atoms with E-state index in [1.54, 1.807) is 0 Å². The third kappa shape index (κ3) is 3.87. The molecule has 0 bridgehead atoms. The fourth-order valence-electron chi connectivity index (χ4n) is 5.10. The Balaban J connectivity index is 1.32. The minimum absolute atomic E-state index is 0.199. The fourth-order valence-corrected chi connectivity index (χ4v) is 5.10. The Kier molecular flexibility index (Phi) is 5.27. The first-order valence-electron chi connectivity index (χ1n) is 11.7. The quantitative estimate of drug-likeness (QED) is 0.441. The van der Waals surface area contributed by atoms with Gasteiger partial charge in [0, 0.05) is 55.4 Å². The minimum Gasteiger partial charge on any atom is -0.393 e. The number of piperazine rings is 1. The molecular weight excluding hydrogens is 416 g/mol. The zero-order chi connectivity index (χ0) is 22.2. The molecule has 170 valence electrons. The van der Waals surface area contributed by atoms with Crippen LogP contribution in [0.1, 0.15) is 31.7 Å². The van der Waals surface area contributed by atoms with Crippen LogP contribution < -0.4 is 15.5 Å². The maximum absolute atomic E-state index is 9.99. The average molecular weight is 445 g/mol. The van der Waals surface area contributed by atoms with E-state index in [0.29, 0.717) is 5.95 Å². The topological polar surface area (TPSA) is 104 Å². The molecule has 2 aliphatic rings. The molecule has 0 amide bonds. The van der Waals surface area contributed by atoms with E-state index in [4.69, 9.17) is 4.98 Å². The van der Waals surface area contributed by atoms with Gasteiger partial charge in [-0.25, -0.2) is 9.97 Å². The highest BCUT2D eigenvalue weighted by Crippen LogP contribution is 2.36. The SMILES string of the molecule is OC1CCC(n2c3cnccc3c3cnc(Nc4ccc(N5CCNCC5)cn4)nc32)CC1. The summed E-state index contributed by atoms with van der Waals surface area (Å²) in [5, 5.41) is 18.8. The third-order valence-electron chi connectivity index (χ3n) is 6.85. The number of aromatic nitrogens is 5. The number of hydrogen-bond donors (Lipinski definition) is 3. The van der Waals surface area contributed by atoms with E-state index < -0.39 is 0 Å². The van der Waals surface area contributed by atoms with Crippen LogP contribution in [-0.4, -0.2) is 61.9 Å². The lowest BCUT2D eigenvalue weighted by atomic mass is 9.93. The van der Waals surface area contributed by atoms with Crippen molar-refractivity contribution in [3.05, 3.63) is 43.0 Å². The van der Waals surface area contributed by atoms with Crippen LogP contribution in [0.15, 0.2) is 43.0 Å². The van der Waals surface area contributed by atoms with Crippen LogP contribution in [0.5, 0.6) is 0 Å². The molecule has 2 fully saturated rings. The number of nitrogens with zero attached hydrogens (tertiary/aromatic N) is 6. The number of hydrogen-bond acceptors (Lipinski definition) is 8. The van der Waals surface area contributed by atoms with E-state index in [1.165, 1.54) is 0 Å². The van der Waals surface area contributed by atoms with Gasteiger partial charge in [0.15, 0.2) is 0 Å². The summed E-state index contributed by atoms with van der Waals surface area (Å²) in [5.74, 6) is 1.25. The van der Waals surface area contributed by atoms with E-state index in [1.807, 2.05) is 36.9 Å². The van der Waals surface area contributed by atoms with Crippen LogP contribution in [0, 0.1) is 0 Å². The first kappa shape index (κ1) is 20.3. The van der Waals surface area contributed by atoms with Gasteiger partial charge in [-0.3, -0.25) is 4.98 Å². The van der Waals surface area contributed by atoms with Crippen molar-refractivity contribution in [2.75, 3.05) is 36.4 Å². The van der Waals surface area contributed by atoms with E-state index in [0.717, 1.165) is 85.3 Å². The molecule has 0 atom stereocenters. The van der Waals surface area contributed by atoms with Crippen LogP contribution >= 0.6 is 0 Å². The van der Waals surface area contributed by atoms with Crippen molar-refractivity contribution < 1.29 is 5.11 Å². The van der Waals surface area contributed by atoms with Gasteiger partial charge in [-0.15, -0.1) is 0 Å². The first-order chi connectivity index (χ1) is 16.3. The molecule has 6 rings (SSSR count). The monoisotopic (exact) mass is 444 g/mol. The Morgan fingerprint density at radius 3 is 2.58 bits per heavy atom. The summed E-state index contributed by atoms with van der Waals surface area (Å²) in [6.45, 7) is 3.98. The van der Waals surface area contributed by atoms with E-state index in [9.17, 15) is 5.11 Å². The molecular formula is C24H28N8O. The van der Waals surface area contributed by atoms with Crippen LogP contribution in [0.4, 0.5) is 17.5 Å². The van der Waals surface area contributed by atoms with E-state index in [2.05, 4.69) is 41.1 Å². The van der Waals surface area contributed by atoms with Gasteiger partial charge in [0.1, 0.15) is 11.5 Å². The molecule has 9 nitrogen and oxygen atoms in total. The summed E-state index contributed by atoms with van der Waals surface area (Å²) in [5.41, 5.74) is 3.10. The Morgan fingerprint density at radius 2 is 1.79 bits per heavy atom. The van der Waals surface area contributed by atoms with Crippen molar-refractivity contribution in [3.63, 3.8) is 0 Å². The Labute approximate surface area is 191 Å². The molecule has 1 saturated carbocycles. The van der Waals surface area contributed by atoms with Gasteiger partial charge in [-0.1, -0.05) is 0 Å². The highest BCUT2D eigenvalue weighted by Gasteiger charge is 2.25. The first-order valence-corrected chi connectivity index (χ1v) is 11.7. The van der Waals surface area contributed by atoms with Gasteiger partial charge in [0.2, 0.25) is 5.95 Å². The second kappa shape index (κ2) is 8.57. The number of nitrogens with one attached hydrogen (secondary N) is 2.